The number of rotatable bonds is 6. The molecule has 1 heterocycles. The standard InChI is InChI=1S/C18H20FNO3S/c1-18(2,3)15(17(22)23)9-14(21)8-13-10-24-16(20-13)11-5-4-6-12(19)7-11/h4-7,10,15H,8-9H2,1-3H3,(H,22,23). The molecule has 0 spiro atoms. The van der Waals surface area contributed by atoms with Crippen LogP contribution in [0.25, 0.3) is 10.6 Å². The maximum Gasteiger partial charge on any atom is 0.307 e. The van der Waals surface area contributed by atoms with E-state index in [2.05, 4.69) is 4.98 Å². The van der Waals surface area contributed by atoms with Crippen molar-refractivity contribution in [1.82, 2.24) is 4.98 Å². The molecule has 0 saturated heterocycles. The first-order valence-corrected chi connectivity index (χ1v) is 8.49. The highest BCUT2D eigenvalue weighted by atomic mass is 32.1. The zero-order valence-electron chi connectivity index (χ0n) is 13.9. The number of hydrogen-bond donors (Lipinski definition) is 1. The molecule has 1 atom stereocenters. The number of halogens is 1. The highest BCUT2D eigenvalue weighted by molar-refractivity contribution is 7.13. The smallest absolute Gasteiger partial charge is 0.307 e. The van der Waals surface area contributed by atoms with Crippen LogP contribution in [-0.4, -0.2) is 21.8 Å². The summed E-state index contributed by atoms with van der Waals surface area (Å²) in [5.74, 6) is -2.19. The van der Waals surface area contributed by atoms with Gasteiger partial charge in [0, 0.05) is 23.8 Å². The summed E-state index contributed by atoms with van der Waals surface area (Å²) in [6, 6.07) is 6.12. The van der Waals surface area contributed by atoms with Gasteiger partial charge in [0.05, 0.1) is 11.6 Å². The second-order valence-electron chi connectivity index (χ2n) is 6.83. The third-order valence-corrected chi connectivity index (χ3v) is 4.72. The molecule has 0 fully saturated rings. The molecule has 6 heteroatoms. The minimum Gasteiger partial charge on any atom is -0.481 e. The molecule has 1 unspecified atom stereocenters. The average molecular weight is 349 g/mol. The second-order valence-corrected chi connectivity index (χ2v) is 7.69. The Kier molecular flexibility index (Phi) is 5.49. The molecule has 2 aromatic rings. The Bertz CT molecular complexity index is 749. The SMILES string of the molecule is CC(C)(C)C(CC(=O)Cc1csc(-c2cccc(F)c2)n1)C(=O)O. The summed E-state index contributed by atoms with van der Waals surface area (Å²) in [5.41, 5.74) is 0.759. The lowest BCUT2D eigenvalue weighted by Gasteiger charge is -2.26. The topological polar surface area (TPSA) is 67.3 Å². The minimum absolute atomic E-state index is 0.0222. The van der Waals surface area contributed by atoms with Crippen LogP contribution < -0.4 is 0 Å². The lowest BCUT2D eigenvalue weighted by molar-refractivity contribution is -0.147. The Morgan fingerprint density at radius 2 is 2.04 bits per heavy atom. The van der Waals surface area contributed by atoms with Crippen LogP contribution >= 0.6 is 11.3 Å². The van der Waals surface area contributed by atoms with Gasteiger partial charge in [-0.3, -0.25) is 9.59 Å². The molecule has 1 aromatic heterocycles. The number of benzene rings is 1. The quantitative estimate of drug-likeness (QED) is 0.849. The first-order valence-electron chi connectivity index (χ1n) is 7.61. The van der Waals surface area contributed by atoms with Crippen LogP contribution in [0, 0.1) is 17.2 Å². The van der Waals surface area contributed by atoms with Gasteiger partial charge in [0.15, 0.2) is 0 Å². The summed E-state index contributed by atoms with van der Waals surface area (Å²) in [5, 5.41) is 11.7. The number of nitrogens with zero attached hydrogens (tertiary/aromatic N) is 1. The van der Waals surface area contributed by atoms with E-state index in [1.807, 2.05) is 20.8 Å². The summed E-state index contributed by atoms with van der Waals surface area (Å²) in [6.45, 7) is 5.43. The number of Topliss-reactive ketones (excluding diaryl/α,β-unsaturated/α-hetero) is 1. The van der Waals surface area contributed by atoms with Crippen molar-refractivity contribution in [3.63, 3.8) is 0 Å². The summed E-state index contributed by atoms with van der Waals surface area (Å²) >= 11 is 1.34. The fraction of sp³-hybridized carbons (Fsp3) is 0.389. The summed E-state index contributed by atoms with van der Waals surface area (Å²) < 4.78 is 13.3. The molecule has 1 aromatic carbocycles. The molecule has 2 rings (SSSR count). The molecule has 0 amide bonds. The maximum absolute atomic E-state index is 13.3. The fourth-order valence-corrected chi connectivity index (χ4v) is 3.22. The zero-order chi connectivity index (χ0) is 17.9. The zero-order valence-corrected chi connectivity index (χ0v) is 14.7. The van der Waals surface area contributed by atoms with Gasteiger partial charge in [0.2, 0.25) is 0 Å². The first-order chi connectivity index (χ1) is 11.2. The van der Waals surface area contributed by atoms with Gasteiger partial charge >= 0.3 is 5.97 Å². The fourth-order valence-electron chi connectivity index (χ4n) is 2.41. The molecule has 0 aliphatic rings. The van der Waals surface area contributed by atoms with E-state index >= 15 is 0 Å². The molecular formula is C18H20FNO3S. The lowest BCUT2D eigenvalue weighted by Crippen LogP contribution is -2.31. The molecule has 0 saturated carbocycles. The normalized spacial score (nSPS) is 12.8. The molecule has 0 aliphatic heterocycles. The number of aromatic nitrogens is 1. The first kappa shape index (κ1) is 18.3. The molecule has 4 nitrogen and oxygen atoms in total. The number of carbonyl (C=O) groups is 2. The van der Waals surface area contributed by atoms with E-state index in [1.54, 1.807) is 17.5 Å². The van der Waals surface area contributed by atoms with Gasteiger partial charge in [-0.1, -0.05) is 32.9 Å². The van der Waals surface area contributed by atoms with Crippen LogP contribution in [-0.2, 0) is 16.0 Å². The van der Waals surface area contributed by atoms with Crippen LogP contribution in [0.15, 0.2) is 29.6 Å². The van der Waals surface area contributed by atoms with Crippen molar-refractivity contribution in [2.75, 3.05) is 0 Å². The minimum atomic E-state index is -0.963. The highest BCUT2D eigenvalue weighted by Crippen LogP contribution is 2.30. The summed E-state index contributed by atoms with van der Waals surface area (Å²) in [7, 11) is 0. The van der Waals surface area contributed by atoms with Gasteiger partial charge < -0.3 is 5.11 Å². The van der Waals surface area contributed by atoms with Crippen LogP contribution in [0.2, 0.25) is 0 Å². The monoisotopic (exact) mass is 349 g/mol. The molecule has 1 N–H and O–H groups in total. The van der Waals surface area contributed by atoms with Crippen molar-refractivity contribution in [3.05, 3.63) is 41.2 Å². The van der Waals surface area contributed by atoms with E-state index < -0.39 is 17.3 Å². The van der Waals surface area contributed by atoms with Crippen LogP contribution in [0.5, 0.6) is 0 Å². The average Bonchev–Trinajstić information content (AvgIpc) is 2.91. The van der Waals surface area contributed by atoms with Crippen molar-refractivity contribution in [2.45, 2.75) is 33.6 Å². The van der Waals surface area contributed by atoms with E-state index in [4.69, 9.17) is 0 Å². The van der Waals surface area contributed by atoms with E-state index in [-0.39, 0.29) is 24.4 Å². The molecule has 0 bridgehead atoms. The van der Waals surface area contributed by atoms with Gasteiger partial charge in [-0.15, -0.1) is 11.3 Å². The van der Waals surface area contributed by atoms with Gasteiger partial charge in [0.1, 0.15) is 16.6 Å². The molecular weight excluding hydrogens is 329 g/mol. The molecule has 0 radical (unpaired) electrons. The molecule has 0 aliphatic carbocycles. The number of hydrogen-bond acceptors (Lipinski definition) is 4. The second kappa shape index (κ2) is 7.21. The Morgan fingerprint density at radius 3 is 2.62 bits per heavy atom. The highest BCUT2D eigenvalue weighted by Gasteiger charge is 2.33. The van der Waals surface area contributed by atoms with Crippen LogP contribution in [0.4, 0.5) is 4.39 Å². The van der Waals surface area contributed by atoms with E-state index in [0.717, 1.165) is 0 Å². The number of thiazole rings is 1. The Hall–Kier alpha value is -2.08. The van der Waals surface area contributed by atoms with Crippen molar-refractivity contribution in [3.8, 4) is 10.6 Å². The van der Waals surface area contributed by atoms with Gasteiger partial charge in [0.25, 0.3) is 0 Å². The maximum atomic E-state index is 13.3. The van der Waals surface area contributed by atoms with Crippen molar-refractivity contribution in [2.24, 2.45) is 11.3 Å². The predicted octanol–water partition coefficient (Wildman–Crippen LogP) is 4.20. The number of carboxylic acids is 1. The van der Waals surface area contributed by atoms with Crippen LogP contribution in [0.1, 0.15) is 32.9 Å². The van der Waals surface area contributed by atoms with E-state index in [9.17, 15) is 19.1 Å². The Labute approximate surface area is 144 Å². The van der Waals surface area contributed by atoms with Crippen molar-refractivity contribution in [1.29, 1.82) is 0 Å². The van der Waals surface area contributed by atoms with Gasteiger partial charge in [-0.2, -0.15) is 0 Å². The molecule has 24 heavy (non-hydrogen) atoms. The number of aliphatic carboxylic acids is 1. The van der Waals surface area contributed by atoms with E-state index in [0.29, 0.717) is 16.3 Å². The predicted molar refractivity (Wildman–Crippen MR) is 91.4 cm³/mol. The summed E-state index contributed by atoms with van der Waals surface area (Å²) in [4.78, 5) is 27.9. The van der Waals surface area contributed by atoms with E-state index in [1.165, 1.54) is 23.5 Å². The lowest BCUT2D eigenvalue weighted by atomic mass is 9.77. The van der Waals surface area contributed by atoms with Gasteiger partial charge in [-0.05, 0) is 17.5 Å². The number of carbonyl (C=O) groups excluding carboxylic acids is 1. The van der Waals surface area contributed by atoms with Crippen LogP contribution in [0.3, 0.4) is 0 Å². The summed E-state index contributed by atoms with van der Waals surface area (Å²) in [6.07, 6.45) is 0.0668. The Balaban J connectivity index is 2.06. The molecule has 128 valence electrons. The van der Waals surface area contributed by atoms with Crippen molar-refractivity contribution < 1.29 is 19.1 Å². The Morgan fingerprint density at radius 1 is 1.33 bits per heavy atom. The van der Waals surface area contributed by atoms with Gasteiger partial charge in [-0.25, -0.2) is 9.37 Å². The largest absolute Gasteiger partial charge is 0.481 e. The third kappa shape index (κ3) is 4.71. The van der Waals surface area contributed by atoms with Crippen molar-refractivity contribution >= 4 is 23.1 Å². The number of carboxylic acid groups (broad SMARTS) is 1. The third-order valence-electron chi connectivity index (χ3n) is 3.78. The number of ketones is 1.